The van der Waals surface area contributed by atoms with E-state index in [2.05, 4.69) is 5.16 Å². The number of aliphatic hydroxyl groups is 1. The van der Waals surface area contributed by atoms with E-state index in [1.54, 1.807) is 4.90 Å². The summed E-state index contributed by atoms with van der Waals surface area (Å²) >= 11 is 0. The molecule has 5 heteroatoms. The molecule has 0 unspecified atom stereocenters. The molecule has 2 heterocycles. The minimum Gasteiger partial charge on any atom is -0.390 e. The number of hydrogen-bond donors (Lipinski definition) is 1. The van der Waals surface area contributed by atoms with Crippen molar-refractivity contribution in [2.75, 3.05) is 13.1 Å². The molecule has 3 rings (SSSR count). The Hall–Kier alpha value is -2.14. The fourth-order valence-electron chi connectivity index (χ4n) is 3.32. The Balaban J connectivity index is 1.87. The third-order valence-electron chi connectivity index (χ3n) is 4.90. The lowest BCUT2D eigenvalue weighted by atomic mass is 9.84. The zero-order valence-corrected chi connectivity index (χ0v) is 14.5. The largest absolute Gasteiger partial charge is 0.390 e. The Morgan fingerprint density at radius 1 is 1.38 bits per heavy atom. The molecule has 1 aliphatic heterocycles. The molecular weight excluding hydrogens is 304 g/mol. The van der Waals surface area contributed by atoms with Crippen LogP contribution < -0.4 is 0 Å². The van der Waals surface area contributed by atoms with Crippen molar-refractivity contribution in [2.45, 2.75) is 39.2 Å². The van der Waals surface area contributed by atoms with E-state index >= 15 is 0 Å². The quantitative estimate of drug-likeness (QED) is 0.939. The second-order valence-electron chi connectivity index (χ2n) is 7.13. The van der Waals surface area contributed by atoms with Crippen molar-refractivity contribution in [1.82, 2.24) is 10.1 Å². The molecule has 0 spiro atoms. The maximum Gasteiger partial charge on any atom is 0.259 e. The highest BCUT2D eigenvalue weighted by Crippen LogP contribution is 2.31. The van der Waals surface area contributed by atoms with Gasteiger partial charge in [0.25, 0.3) is 5.91 Å². The summed E-state index contributed by atoms with van der Waals surface area (Å²) in [5.74, 6) is 0.518. The maximum absolute atomic E-state index is 13.0. The van der Waals surface area contributed by atoms with Crippen molar-refractivity contribution >= 4 is 5.91 Å². The molecule has 1 aromatic heterocycles. The molecule has 0 radical (unpaired) electrons. The Bertz CT molecular complexity index is 730. The zero-order valence-electron chi connectivity index (χ0n) is 14.5. The molecule has 24 heavy (non-hydrogen) atoms. The third kappa shape index (κ3) is 3.22. The van der Waals surface area contributed by atoms with Gasteiger partial charge in [0.15, 0.2) is 5.76 Å². The van der Waals surface area contributed by atoms with Gasteiger partial charge in [-0.1, -0.05) is 29.4 Å². The summed E-state index contributed by atoms with van der Waals surface area (Å²) in [6.45, 7) is 6.86. The molecule has 128 valence electrons. The predicted octanol–water partition coefficient (Wildman–Crippen LogP) is 3.27. The Kier molecular flexibility index (Phi) is 4.45. The number of carbonyl (C=O) groups excluding carboxylic acids is 1. The molecule has 1 saturated heterocycles. The zero-order chi connectivity index (χ0) is 17.3. The minimum absolute atomic E-state index is 0.0801. The van der Waals surface area contributed by atoms with Crippen LogP contribution >= 0.6 is 0 Å². The van der Waals surface area contributed by atoms with Gasteiger partial charge in [0.2, 0.25) is 0 Å². The van der Waals surface area contributed by atoms with Gasteiger partial charge in [-0.05, 0) is 39.2 Å². The van der Waals surface area contributed by atoms with Crippen molar-refractivity contribution in [1.29, 1.82) is 0 Å². The summed E-state index contributed by atoms with van der Waals surface area (Å²) in [6.07, 6.45) is 3.32. The van der Waals surface area contributed by atoms with Gasteiger partial charge in [-0.25, -0.2) is 0 Å². The summed E-state index contributed by atoms with van der Waals surface area (Å²) in [4.78, 5) is 14.8. The number of nitrogens with zero attached hydrogens (tertiary/aromatic N) is 2. The average Bonchev–Trinajstić information content (AvgIpc) is 3.03. The average molecular weight is 328 g/mol. The van der Waals surface area contributed by atoms with E-state index in [1.807, 2.05) is 45.0 Å². The lowest BCUT2D eigenvalue weighted by Crippen LogP contribution is -2.46. The van der Waals surface area contributed by atoms with Gasteiger partial charge in [-0.3, -0.25) is 4.79 Å². The van der Waals surface area contributed by atoms with Gasteiger partial charge < -0.3 is 14.5 Å². The first kappa shape index (κ1) is 16.7. The summed E-state index contributed by atoms with van der Waals surface area (Å²) in [5, 5.41) is 14.1. The van der Waals surface area contributed by atoms with Crippen LogP contribution in [0.2, 0.25) is 0 Å². The van der Waals surface area contributed by atoms with E-state index < -0.39 is 5.60 Å². The van der Waals surface area contributed by atoms with Gasteiger partial charge in [0.1, 0.15) is 5.56 Å². The third-order valence-corrected chi connectivity index (χ3v) is 4.90. The molecule has 1 N–H and O–H groups in total. The monoisotopic (exact) mass is 328 g/mol. The Morgan fingerprint density at radius 2 is 2.12 bits per heavy atom. The summed E-state index contributed by atoms with van der Waals surface area (Å²) < 4.78 is 5.39. The fraction of sp³-hybridized carbons (Fsp3) is 0.474. The van der Waals surface area contributed by atoms with E-state index in [0.29, 0.717) is 24.4 Å². The number of rotatable bonds is 3. The molecule has 1 atom stereocenters. The fourth-order valence-corrected chi connectivity index (χ4v) is 3.32. The molecule has 0 saturated carbocycles. The molecule has 5 nitrogen and oxygen atoms in total. The molecule has 1 aliphatic rings. The number of likely N-dealkylation sites (tertiary alicyclic amines) is 1. The van der Waals surface area contributed by atoms with E-state index in [4.69, 9.17) is 4.52 Å². The van der Waals surface area contributed by atoms with Gasteiger partial charge in [0, 0.05) is 24.6 Å². The topological polar surface area (TPSA) is 66.6 Å². The first-order valence-corrected chi connectivity index (χ1v) is 8.40. The number of carbonyl (C=O) groups is 1. The van der Waals surface area contributed by atoms with E-state index in [1.165, 1.54) is 6.20 Å². The first-order chi connectivity index (χ1) is 11.4. The first-order valence-electron chi connectivity index (χ1n) is 8.40. The van der Waals surface area contributed by atoms with Crippen LogP contribution in [0.5, 0.6) is 0 Å². The van der Waals surface area contributed by atoms with Crippen LogP contribution in [0.15, 0.2) is 35.0 Å². The maximum atomic E-state index is 13.0. The lowest BCUT2D eigenvalue weighted by molar-refractivity contribution is -0.0146. The van der Waals surface area contributed by atoms with Crippen molar-refractivity contribution in [3.8, 4) is 11.3 Å². The summed E-state index contributed by atoms with van der Waals surface area (Å²) in [7, 11) is 0. The van der Waals surface area contributed by atoms with Gasteiger partial charge in [-0.15, -0.1) is 0 Å². The van der Waals surface area contributed by atoms with Crippen LogP contribution in [-0.2, 0) is 0 Å². The van der Waals surface area contributed by atoms with Crippen molar-refractivity contribution in [3.63, 3.8) is 0 Å². The second kappa shape index (κ2) is 6.40. The standard InChI is InChI=1S/C19H24N2O3/c1-13-7-4-5-9-15(13)17-16(11-20-24-17)18(22)21-10-6-8-14(12-21)19(2,3)23/h4-5,7,9,11,14,23H,6,8,10,12H2,1-3H3/t14-/m0/s1. The van der Waals surface area contributed by atoms with E-state index in [0.717, 1.165) is 24.0 Å². The van der Waals surface area contributed by atoms with Crippen molar-refractivity contribution in [3.05, 3.63) is 41.6 Å². The van der Waals surface area contributed by atoms with Crippen LogP contribution in [-0.4, -0.2) is 39.8 Å². The van der Waals surface area contributed by atoms with Gasteiger partial charge >= 0.3 is 0 Å². The van der Waals surface area contributed by atoms with Gasteiger partial charge in [-0.2, -0.15) is 0 Å². The summed E-state index contributed by atoms with van der Waals surface area (Å²) in [5.41, 5.74) is 1.62. The number of benzene rings is 1. The molecular formula is C19H24N2O3. The molecule has 1 amide bonds. The SMILES string of the molecule is Cc1ccccc1-c1oncc1C(=O)N1CCC[C@H](C(C)(C)O)C1. The molecule has 1 aromatic carbocycles. The van der Waals surface area contributed by atoms with E-state index in [9.17, 15) is 9.90 Å². The predicted molar refractivity (Wildman–Crippen MR) is 91.6 cm³/mol. The minimum atomic E-state index is -0.785. The van der Waals surface area contributed by atoms with Crippen LogP contribution in [0.4, 0.5) is 0 Å². The Labute approximate surface area is 142 Å². The molecule has 1 fully saturated rings. The lowest BCUT2D eigenvalue weighted by Gasteiger charge is -2.38. The number of amides is 1. The summed E-state index contributed by atoms with van der Waals surface area (Å²) in [6, 6.07) is 7.79. The van der Waals surface area contributed by atoms with Crippen molar-refractivity contribution in [2.24, 2.45) is 5.92 Å². The smallest absolute Gasteiger partial charge is 0.259 e. The van der Waals surface area contributed by atoms with Crippen LogP contribution in [0.1, 0.15) is 42.6 Å². The number of aromatic nitrogens is 1. The Morgan fingerprint density at radius 3 is 2.83 bits per heavy atom. The molecule has 0 bridgehead atoms. The molecule has 2 aromatic rings. The van der Waals surface area contributed by atoms with Crippen molar-refractivity contribution < 1.29 is 14.4 Å². The second-order valence-corrected chi connectivity index (χ2v) is 7.13. The molecule has 0 aliphatic carbocycles. The van der Waals surface area contributed by atoms with E-state index in [-0.39, 0.29) is 11.8 Å². The number of piperidine rings is 1. The highest BCUT2D eigenvalue weighted by Gasteiger charge is 2.34. The van der Waals surface area contributed by atoms with Gasteiger partial charge in [0.05, 0.1) is 11.8 Å². The number of hydrogen-bond acceptors (Lipinski definition) is 4. The number of aryl methyl sites for hydroxylation is 1. The normalized spacial score (nSPS) is 18.7. The highest BCUT2D eigenvalue weighted by molar-refractivity contribution is 5.99. The van der Waals surface area contributed by atoms with Crippen LogP contribution in [0, 0.1) is 12.8 Å². The highest BCUT2D eigenvalue weighted by atomic mass is 16.5. The van der Waals surface area contributed by atoms with Crippen LogP contribution in [0.3, 0.4) is 0 Å². The van der Waals surface area contributed by atoms with Crippen LogP contribution in [0.25, 0.3) is 11.3 Å².